The smallest absolute Gasteiger partial charge is 0.252 e. The summed E-state index contributed by atoms with van der Waals surface area (Å²) in [5.74, 6) is 0.671. The van der Waals surface area contributed by atoms with Crippen LogP contribution in [0.2, 0.25) is 0 Å². The lowest BCUT2D eigenvalue weighted by Crippen LogP contribution is -2.48. The van der Waals surface area contributed by atoms with Gasteiger partial charge < -0.3 is 14.8 Å². The van der Waals surface area contributed by atoms with Gasteiger partial charge >= 0.3 is 0 Å². The van der Waals surface area contributed by atoms with Crippen LogP contribution in [0.4, 0.5) is 0 Å². The summed E-state index contributed by atoms with van der Waals surface area (Å²) in [5.41, 5.74) is 3.04. The number of ether oxygens (including phenoxy) is 2. The second-order valence-corrected chi connectivity index (χ2v) is 10.3. The van der Waals surface area contributed by atoms with Crippen LogP contribution in [-0.2, 0) is 32.4 Å². The summed E-state index contributed by atoms with van der Waals surface area (Å²) in [6.07, 6.45) is 2.52. The SMILES string of the molecule is COc1ccccc1-c1cccc(C[C@]2(C(=O)NCCc3ccc(S(N)(=O)=O)cc3)CCCO2)c1. The van der Waals surface area contributed by atoms with Gasteiger partial charge in [-0.1, -0.05) is 54.6 Å². The maximum atomic E-state index is 13.3. The Kier molecular flexibility index (Phi) is 7.54. The summed E-state index contributed by atoms with van der Waals surface area (Å²) in [5, 5.41) is 8.16. The van der Waals surface area contributed by atoms with Gasteiger partial charge in [0, 0.05) is 25.1 Å². The van der Waals surface area contributed by atoms with Gasteiger partial charge in [0.15, 0.2) is 5.60 Å². The van der Waals surface area contributed by atoms with Crippen molar-refractivity contribution in [1.29, 1.82) is 0 Å². The highest BCUT2D eigenvalue weighted by atomic mass is 32.2. The number of carbonyl (C=O) groups is 1. The fraction of sp³-hybridized carbons (Fsp3) is 0.296. The molecule has 1 amide bonds. The molecule has 0 aromatic heterocycles. The van der Waals surface area contributed by atoms with Crippen LogP contribution in [0, 0.1) is 0 Å². The molecule has 0 spiro atoms. The number of sulfonamides is 1. The van der Waals surface area contributed by atoms with Gasteiger partial charge in [0.05, 0.1) is 12.0 Å². The van der Waals surface area contributed by atoms with E-state index in [9.17, 15) is 13.2 Å². The van der Waals surface area contributed by atoms with Crippen molar-refractivity contribution in [1.82, 2.24) is 5.32 Å². The van der Waals surface area contributed by atoms with Crippen molar-refractivity contribution in [2.24, 2.45) is 5.14 Å². The van der Waals surface area contributed by atoms with Crippen molar-refractivity contribution in [3.63, 3.8) is 0 Å². The molecule has 35 heavy (non-hydrogen) atoms. The minimum absolute atomic E-state index is 0.0685. The molecular formula is C27H30N2O5S. The molecule has 3 aromatic rings. The number of benzene rings is 3. The van der Waals surface area contributed by atoms with Gasteiger partial charge in [0.25, 0.3) is 5.91 Å². The van der Waals surface area contributed by atoms with Crippen molar-refractivity contribution >= 4 is 15.9 Å². The van der Waals surface area contributed by atoms with Crippen LogP contribution < -0.4 is 15.2 Å². The van der Waals surface area contributed by atoms with Crippen molar-refractivity contribution in [3.05, 3.63) is 83.9 Å². The fourth-order valence-corrected chi connectivity index (χ4v) is 5.00. The Bertz CT molecular complexity index is 1280. The van der Waals surface area contributed by atoms with Gasteiger partial charge in [0.2, 0.25) is 10.0 Å². The van der Waals surface area contributed by atoms with Crippen molar-refractivity contribution in [2.75, 3.05) is 20.3 Å². The second-order valence-electron chi connectivity index (χ2n) is 8.72. The molecule has 8 heteroatoms. The number of hydrogen-bond acceptors (Lipinski definition) is 5. The minimum Gasteiger partial charge on any atom is -0.496 e. The normalized spacial score (nSPS) is 17.8. The monoisotopic (exact) mass is 494 g/mol. The average Bonchev–Trinajstić information content (AvgIpc) is 3.33. The van der Waals surface area contributed by atoms with Crippen LogP contribution in [-0.4, -0.2) is 40.2 Å². The van der Waals surface area contributed by atoms with Crippen molar-refractivity contribution in [3.8, 4) is 16.9 Å². The van der Waals surface area contributed by atoms with Crippen LogP contribution in [0.25, 0.3) is 11.1 Å². The lowest BCUT2D eigenvalue weighted by Gasteiger charge is -2.27. The molecule has 1 heterocycles. The lowest BCUT2D eigenvalue weighted by molar-refractivity contribution is -0.141. The Labute approximate surface area is 206 Å². The largest absolute Gasteiger partial charge is 0.496 e. The highest BCUT2D eigenvalue weighted by Crippen LogP contribution is 2.33. The highest BCUT2D eigenvalue weighted by molar-refractivity contribution is 7.89. The number of primary sulfonamides is 1. The molecule has 1 saturated heterocycles. The quantitative estimate of drug-likeness (QED) is 0.474. The van der Waals surface area contributed by atoms with E-state index in [2.05, 4.69) is 11.4 Å². The topological polar surface area (TPSA) is 108 Å². The van der Waals surface area contributed by atoms with E-state index in [1.54, 1.807) is 19.2 Å². The van der Waals surface area contributed by atoms with Gasteiger partial charge in [-0.25, -0.2) is 13.6 Å². The molecule has 0 radical (unpaired) electrons. The summed E-state index contributed by atoms with van der Waals surface area (Å²) in [6.45, 7) is 0.967. The van der Waals surface area contributed by atoms with Gasteiger partial charge in [-0.15, -0.1) is 0 Å². The van der Waals surface area contributed by atoms with Gasteiger partial charge in [-0.05, 0) is 54.2 Å². The standard InChI is InChI=1S/C27H30N2O5S/c1-33-25-9-3-2-8-24(25)22-7-4-6-21(18-22)19-27(15-5-17-34-27)26(30)29-16-14-20-10-12-23(13-11-20)35(28,31)32/h2-4,6-13,18H,5,14-17,19H2,1H3,(H,29,30)(H2,28,31,32)/t27-/m0/s1. The van der Waals surface area contributed by atoms with Crippen LogP contribution in [0.5, 0.6) is 5.75 Å². The number of amides is 1. The molecule has 184 valence electrons. The molecule has 1 aliphatic rings. The highest BCUT2D eigenvalue weighted by Gasteiger charge is 2.42. The predicted octanol–water partition coefficient (Wildman–Crippen LogP) is 3.46. The zero-order valence-corrected chi connectivity index (χ0v) is 20.5. The Morgan fingerprint density at radius 2 is 1.83 bits per heavy atom. The molecule has 0 bridgehead atoms. The van der Waals surface area contributed by atoms with E-state index in [4.69, 9.17) is 14.6 Å². The Morgan fingerprint density at radius 3 is 2.51 bits per heavy atom. The molecule has 0 saturated carbocycles. The Balaban J connectivity index is 1.44. The second kappa shape index (κ2) is 10.6. The first kappa shape index (κ1) is 24.9. The van der Waals surface area contributed by atoms with E-state index in [0.717, 1.165) is 34.4 Å². The van der Waals surface area contributed by atoms with Crippen LogP contribution in [0.1, 0.15) is 24.0 Å². The molecular weight excluding hydrogens is 464 g/mol. The molecule has 1 fully saturated rings. The summed E-state index contributed by atoms with van der Waals surface area (Å²) in [4.78, 5) is 13.3. The fourth-order valence-electron chi connectivity index (χ4n) is 4.49. The molecule has 3 N–H and O–H groups in total. The Hall–Kier alpha value is -3.20. The van der Waals surface area contributed by atoms with Crippen LogP contribution in [0.3, 0.4) is 0 Å². The van der Waals surface area contributed by atoms with Gasteiger partial charge in [-0.2, -0.15) is 0 Å². The van der Waals surface area contributed by atoms with E-state index in [1.165, 1.54) is 12.1 Å². The third-order valence-corrected chi connectivity index (χ3v) is 7.23. The number of methoxy groups -OCH3 is 1. The zero-order valence-electron chi connectivity index (χ0n) is 19.7. The van der Waals surface area contributed by atoms with Crippen LogP contribution >= 0.6 is 0 Å². The molecule has 4 rings (SSSR count). The average molecular weight is 495 g/mol. The van der Waals surface area contributed by atoms with E-state index in [1.807, 2.05) is 42.5 Å². The number of hydrogen-bond donors (Lipinski definition) is 2. The maximum Gasteiger partial charge on any atom is 0.252 e. The number of nitrogens with two attached hydrogens (primary N) is 1. The minimum atomic E-state index is -3.72. The van der Waals surface area contributed by atoms with E-state index >= 15 is 0 Å². The lowest BCUT2D eigenvalue weighted by atomic mass is 9.89. The van der Waals surface area contributed by atoms with E-state index in [-0.39, 0.29) is 10.8 Å². The number of carbonyl (C=O) groups excluding carboxylic acids is 1. The molecule has 0 unspecified atom stereocenters. The molecule has 1 aliphatic heterocycles. The predicted molar refractivity (Wildman–Crippen MR) is 135 cm³/mol. The first-order chi connectivity index (χ1) is 16.8. The maximum absolute atomic E-state index is 13.3. The number of para-hydroxylation sites is 1. The van der Waals surface area contributed by atoms with Crippen molar-refractivity contribution in [2.45, 2.75) is 36.2 Å². The van der Waals surface area contributed by atoms with Gasteiger partial charge in [-0.3, -0.25) is 4.79 Å². The molecule has 7 nitrogen and oxygen atoms in total. The zero-order chi connectivity index (χ0) is 24.9. The van der Waals surface area contributed by atoms with Gasteiger partial charge in [0.1, 0.15) is 5.75 Å². The van der Waals surface area contributed by atoms with E-state index in [0.29, 0.717) is 32.4 Å². The summed E-state index contributed by atoms with van der Waals surface area (Å²) in [7, 11) is -2.07. The molecule has 0 aliphatic carbocycles. The van der Waals surface area contributed by atoms with Crippen molar-refractivity contribution < 1.29 is 22.7 Å². The van der Waals surface area contributed by atoms with Crippen LogP contribution in [0.15, 0.2) is 77.7 Å². The third kappa shape index (κ3) is 5.90. The molecule has 1 atom stereocenters. The summed E-state index contributed by atoms with van der Waals surface area (Å²) >= 11 is 0. The molecule has 3 aromatic carbocycles. The first-order valence-electron chi connectivity index (χ1n) is 11.6. The summed E-state index contributed by atoms with van der Waals surface area (Å²) in [6, 6.07) is 22.3. The third-order valence-electron chi connectivity index (χ3n) is 6.30. The first-order valence-corrected chi connectivity index (χ1v) is 13.1. The van der Waals surface area contributed by atoms with E-state index < -0.39 is 15.6 Å². The number of nitrogens with one attached hydrogen (secondary N) is 1. The number of rotatable bonds is 9. The Morgan fingerprint density at radius 1 is 1.06 bits per heavy atom. The summed E-state index contributed by atoms with van der Waals surface area (Å²) < 4.78 is 34.4.